The Bertz CT molecular complexity index is 3690. The van der Waals surface area contributed by atoms with Gasteiger partial charge in [-0.3, -0.25) is 0 Å². The maximum atomic E-state index is 6.53. The molecule has 0 saturated carbocycles. The number of unbranched alkanes of at least 4 members (excludes halogenated alkanes) is 11. The minimum atomic E-state index is 0.0784. The van der Waals surface area contributed by atoms with Crippen LogP contribution in [0.2, 0.25) is 0 Å². The fourth-order valence-electron chi connectivity index (χ4n) is 11.9. The molecule has 0 radical (unpaired) electrons. The number of nitrogens with one attached hydrogen (secondary N) is 4. The van der Waals surface area contributed by atoms with Gasteiger partial charge in [0.1, 0.15) is 29.1 Å². The predicted molar refractivity (Wildman–Crippen MR) is 364 cm³/mol. The standard InChI is InChI=1S/C77H104N7O4/c1-12-13-14-15-16-17-18-19-20-21-22-23-54-85-62-34-26-58(27-35-62)74-66-42-44-68(78-66)75(59-28-36-63(37-29-59)86-55-24-51-82(3,4)5)70-46-48-72(80-70)77(61-32-40-65(41-33-61)88-57(2)50-53-84(9,10)11)73-49-47-71(81-73)76(69-45-43-67(74)79-69)60-30-38-64(39-31-60)87-56-25-52-83(6,7)8/h26-49,57,78-81H,12-25,50-56H2,1-11H3/q+3. The van der Waals surface area contributed by atoms with Gasteiger partial charge >= 0.3 is 0 Å². The highest BCUT2D eigenvalue weighted by atomic mass is 16.5. The molecule has 1 unspecified atom stereocenters. The van der Waals surface area contributed by atoms with E-state index in [-0.39, 0.29) is 6.10 Å². The number of H-pyrrole nitrogens is 4. The molecule has 0 amide bonds. The third kappa shape index (κ3) is 19.0. The number of ether oxygens (including phenoxy) is 4. The van der Waals surface area contributed by atoms with E-state index in [1.165, 1.54) is 70.6 Å². The van der Waals surface area contributed by atoms with E-state index in [9.17, 15) is 0 Å². The van der Waals surface area contributed by atoms with Crippen LogP contribution in [0.5, 0.6) is 23.0 Å². The number of aromatic nitrogens is 4. The molecular formula is C77H104N7O4+3. The van der Waals surface area contributed by atoms with Crippen molar-refractivity contribution in [1.82, 2.24) is 19.9 Å². The summed E-state index contributed by atoms with van der Waals surface area (Å²) in [5.74, 6) is 3.46. The maximum absolute atomic E-state index is 6.53. The Morgan fingerprint density at radius 2 is 0.591 bits per heavy atom. The molecule has 4 N–H and O–H groups in total. The summed E-state index contributed by atoms with van der Waals surface area (Å²) < 4.78 is 28.3. The van der Waals surface area contributed by atoms with Gasteiger partial charge in [-0.15, -0.1) is 0 Å². The molecule has 0 spiro atoms. The topological polar surface area (TPSA) is 100 Å². The lowest BCUT2D eigenvalue weighted by Crippen LogP contribution is -2.37. The van der Waals surface area contributed by atoms with Crippen LogP contribution in [0.1, 0.15) is 155 Å². The lowest BCUT2D eigenvalue weighted by atomic mass is 10.0. The summed E-state index contributed by atoms with van der Waals surface area (Å²) in [6, 6.07) is 52.2. The quantitative estimate of drug-likeness (QED) is 0.0243. The first-order valence-electron chi connectivity index (χ1n) is 33.0. The second-order valence-corrected chi connectivity index (χ2v) is 27.6. The SMILES string of the molecule is CCCCCCCCCCCCCCOc1ccc(C2=c3ccc([nH]3)=C(c3ccc(OCCC[N+](C)(C)C)cc3)c3ccc([nH]3)C(c3ccc(OC(C)CC[N+](C)(C)C)cc3)=c3ccc([nH]3)=C(c3ccc(OCCC[N+](C)(C)C)cc3)c3ccc2[nH]3)cc1. The van der Waals surface area contributed by atoms with E-state index in [1.54, 1.807) is 0 Å². The molecule has 0 saturated heterocycles. The van der Waals surface area contributed by atoms with Gasteiger partial charge < -0.3 is 52.3 Å². The highest BCUT2D eigenvalue weighted by molar-refractivity contribution is 5.85. The lowest BCUT2D eigenvalue weighted by molar-refractivity contribution is -0.870. The van der Waals surface area contributed by atoms with Crippen molar-refractivity contribution >= 4 is 22.3 Å². The molecule has 5 heterocycles. The predicted octanol–water partition coefficient (Wildman–Crippen LogP) is 13.2. The second kappa shape index (κ2) is 30.7. The van der Waals surface area contributed by atoms with Crippen LogP contribution in [0.15, 0.2) is 146 Å². The zero-order valence-corrected chi connectivity index (χ0v) is 55.3. The van der Waals surface area contributed by atoms with Crippen LogP contribution >= 0.6 is 0 Å². The molecule has 11 heteroatoms. The molecular weight excluding hydrogens is 1090 g/mol. The van der Waals surface area contributed by atoms with Gasteiger partial charge in [0.05, 0.1) is 103 Å². The van der Waals surface area contributed by atoms with Crippen molar-refractivity contribution < 1.29 is 32.4 Å². The Hall–Kier alpha value is -7.44. The highest BCUT2D eigenvalue weighted by Gasteiger charge is 2.21. The molecule has 0 fully saturated rings. The van der Waals surface area contributed by atoms with Crippen molar-refractivity contribution in [3.63, 3.8) is 0 Å². The summed E-state index contributed by atoms with van der Waals surface area (Å²) in [6.07, 6.45) is 18.8. The van der Waals surface area contributed by atoms with Crippen LogP contribution in [0, 0.1) is 0 Å². The van der Waals surface area contributed by atoms with Crippen LogP contribution < -0.4 is 40.3 Å². The van der Waals surface area contributed by atoms with Crippen LogP contribution in [0.25, 0.3) is 22.3 Å². The zero-order chi connectivity index (χ0) is 62.1. The first-order chi connectivity index (χ1) is 42.4. The first kappa shape index (κ1) is 65.0. The van der Waals surface area contributed by atoms with Crippen molar-refractivity contribution in [3.05, 3.63) is 212 Å². The number of quaternary nitrogens is 3. The van der Waals surface area contributed by atoms with E-state index in [0.717, 1.165) is 177 Å². The summed E-state index contributed by atoms with van der Waals surface area (Å²) in [5.41, 5.74) is 12.4. The first-order valence-corrected chi connectivity index (χ1v) is 33.0. The molecule has 8 bridgehead atoms. The number of nitrogens with zero attached hydrogens (tertiary/aromatic N) is 3. The van der Waals surface area contributed by atoms with Crippen LogP contribution in [-0.2, 0) is 0 Å². The highest BCUT2D eigenvalue weighted by Crippen LogP contribution is 2.31. The third-order valence-corrected chi connectivity index (χ3v) is 16.8. The van der Waals surface area contributed by atoms with Crippen molar-refractivity contribution in [3.8, 4) is 23.0 Å². The molecule has 0 aliphatic carbocycles. The smallest absolute Gasteiger partial charge is 0.119 e. The van der Waals surface area contributed by atoms with Crippen molar-refractivity contribution in [2.75, 3.05) is 103 Å². The number of hydrogen-bond acceptors (Lipinski definition) is 4. The van der Waals surface area contributed by atoms with Crippen molar-refractivity contribution in [2.45, 2.75) is 116 Å². The van der Waals surface area contributed by atoms with Gasteiger partial charge in [0.25, 0.3) is 0 Å². The van der Waals surface area contributed by atoms with Gasteiger partial charge in [-0.05, 0) is 133 Å². The third-order valence-electron chi connectivity index (χ3n) is 16.8. The minimum Gasteiger partial charge on any atom is -0.494 e. The average molecular weight is 1190 g/mol. The van der Waals surface area contributed by atoms with Gasteiger partial charge in [0.2, 0.25) is 0 Å². The molecule has 88 heavy (non-hydrogen) atoms. The van der Waals surface area contributed by atoms with E-state index in [2.05, 4.69) is 243 Å². The lowest BCUT2D eigenvalue weighted by Gasteiger charge is -2.25. The number of fused-ring (bicyclic) bond motifs is 8. The Balaban J connectivity index is 1.12. The summed E-state index contributed by atoms with van der Waals surface area (Å²) in [7, 11) is 20.0. The number of aromatic amines is 4. The largest absolute Gasteiger partial charge is 0.494 e. The molecule has 4 aromatic heterocycles. The van der Waals surface area contributed by atoms with E-state index in [0.29, 0.717) is 13.2 Å². The maximum Gasteiger partial charge on any atom is 0.119 e. The van der Waals surface area contributed by atoms with Gasteiger partial charge in [-0.2, -0.15) is 0 Å². The molecule has 1 aliphatic heterocycles. The Labute approximate surface area is 526 Å². The summed E-state index contributed by atoms with van der Waals surface area (Å²) >= 11 is 0. The van der Waals surface area contributed by atoms with Gasteiger partial charge in [-0.1, -0.05) is 126 Å². The Morgan fingerprint density at radius 1 is 0.307 bits per heavy atom. The Morgan fingerprint density at radius 3 is 0.898 bits per heavy atom. The number of rotatable bonds is 33. The monoisotopic (exact) mass is 1190 g/mol. The van der Waals surface area contributed by atoms with Crippen LogP contribution in [0.4, 0.5) is 0 Å². The zero-order valence-electron chi connectivity index (χ0n) is 55.3. The van der Waals surface area contributed by atoms with Gasteiger partial charge in [0, 0.05) is 85.7 Å². The van der Waals surface area contributed by atoms with Crippen LogP contribution in [-0.4, -0.2) is 142 Å². The molecule has 8 aromatic rings. The summed E-state index contributed by atoms with van der Waals surface area (Å²) in [4.78, 5) is 15.9. The summed E-state index contributed by atoms with van der Waals surface area (Å²) in [5, 5.41) is 3.92. The number of hydrogen-bond donors (Lipinski definition) is 4. The van der Waals surface area contributed by atoms with Gasteiger partial charge in [0.15, 0.2) is 0 Å². The van der Waals surface area contributed by atoms with Crippen LogP contribution in [0.3, 0.4) is 0 Å². The molecule has 1 aliphatic rings. The fourth-order valence-corrected chi connectivity index (χ4v) is 11.9. The van der Waals surface area contributed by atoms with E-state index < -0.39 is 0 Å². The molecule has 1 atom stereocenters. The number of benzene rings is 4. The fraction of sp³-hybridized carbons (Fsp3) is 0.429. The normalized spacial score (nSPS) is 13.3. The van der Waals surface area contributed by atoms with Gasteiger partial charge in [-0.25, -0.2) is 0 Å². The average Bonchev–Trinajstić information content (AvgIpc) is 2.10. The molecule has 11 nitrogen and oxygen atoms in total. The van der Waals surface area contributed by atoms with Crippen molar-refractivity contribution in [2.24, 2.45) is 0 Å². The molecule has 9 rings (SSSR count). The summed E-state index contributed by atoms with van der Waals surface area (Å²) in [6.45, 7) is 9.61. The van der Waals surface area contributed by atoms with Crippen molar-refractivity contribution in [1.29, 1.82) is 0 Å². The van der Waals surface area contributed by atoms with E-state index in [4.69, 9.17) is 18.9 Å². The Kier molecular flexibility index (Phi) is 22.6. The molecule has 4 aromatic carbocycles. The second-order valence-electron chi connectivity index (χ2n) is 27.6. The molecule has 468 valence electrons. The minimum absolute atomic E-state index is 0.0784. The van der Waals surface area contributed by atoms with E-state index >= 15 is 0 Å². The van der Waals surface area contributed by atoms with E-state index in [1.807, 2.05) is 0 Å².